The first kappa shape index (κ1) is 89.4. The molecule has 0 saturated carbocycles. The van der Waals surface area contributed by atoms with Gasteiger partial charge >= 0.3 is 61.6 Å². The van der Waals surface area contributed by atoms with E-state index in [4.69, 9.17) is 18.9 Å². The molecule has 0 amide bonds. The van der Waals surface area contributed by atoms with Crippen molar-refractivity contribution in [3.05, 3.63) is 107 Å². The predicted molar refractivity (Wildman–Crippen MR) is 378 cm³/mol. The second kappa shape index (κ2) is 61.9. The Morgan fingerprint density at radius 2 is 0.473 bits per heavy atom. The van der Waals surface area contributed by atoms with Gasteiger partial charge in [0.1, 0.15) is 20.2 Å². The van der Waals surface area contributed by atoms with Crippen LogP contribution in [-0.4, -0.2) is 114 Å². The average Bonchev–Trinajstić information content (AvgIpc) is 0.860. The van der Waals surface area contributed by atoms with E-state index >= 15 is 0 Å². The van der Waals surface area contributed by atoms with Gasteiger partial charge in [0.05, 0.1) is 58.5 Å². The fourth-order valence-corrected chi connectivity index (χ4v) is 11.3. The van der Waals surface area contributed by atoms with Crippen LogP contribution in [0.15, 0.2) is 94.8 Å². The molecule has 0 unspecified atom stereocenters. The summed E-state index contributed by atoms with van der Waals surface area (Å²) in [5.41, 5.74) is -0.768. The maximum absolute atomic E-state index is 12.8. The summed E-state index contributed by atoms with van der Waals surface area (Å²) in [7, 11) is -9.63. The largest absolute Gasteiger partial charge is 2.00 e. The molecule has 2 aromatic rings. The van der Waals surface area contributed by atoms with E-state index in [0.29, 0.717) is 25.7 Å². The monoisotopic (exact) mass is 1360 g/mol. The Balaban J connectivity index is 0.00000180. The van der Waals surface area contributed by atoms with Gasteiger partial charge in [-0.25, -0.2) is 36.0 Å². The molecule has 14 nitrogen and oxygen atoms in total. The van der Waals surface area contributed by atoms with Gasteiger partial charge in [0.25, 0.3) is 0 Å². The molecule has 2 rings (SSSR count). The van der Waals surface area contributed by atoms with Crippen molar-refractivity contribution in [1.29, 1.82) is 0 Å². The molecule has 0 aliphatic rings. The van der Waals surface area contributed by atoms with Gasteiger partial charge in [-0.2, -0.15) is 0 Å². The van der Waals surface area contributed by atoms with E-state index in [9.17, 15) is 45.1 Å². The molecule has 0 bridgehead atoms. The van der Waals surface area contributed by atoms with Crippen LogP contribution in [0.2, 0.25) is 0 Å². The summed E-state index contributed by atoms with van der Waals surface area (Å²) in [6.45, 7) is 9.52. The van der Waals surface area contributed by atoms with Crippen LogP contribution in [-0.2, 0) is 39.2 Å². The van der Waals surface area contributed by atoms with Gasteiger partial charge in [0.2, 0.25) is 0 Å². The van der Waals surface area contributed by atoms with Crippen LogP contribution < -0.4 is 0 Å². The molecule has 0 saturated heterocycles. The molecule has 17 heteroatoms. The second-order valence-electron chi connectivity index (χ2n) is 24.4. The molecular formula is C76H122CaO14S2. The van der Waals surface area contributed by atoms with Gasteiger partial charge in [-0.15, -0.1) is 0 Å². The number of allylic oxidation sites excluding steroid dienone is 8. The first-order valence-electron chi connectivity index (χ1n) is 36.1. The molecule has 2 aromatic carbocycles. The molecule has 0 aliphatic carbocycles. The smallest absolute Gasteiger partial charge is 0.744 e. The average molecular weight is 1360 g/mol. The van der Waals surface area contributed by atoms with Crippen molar-refractivity contribution in [3.63, 3.8) is 0 Å². The summed E-state index contributed by atoms with van der Waals surface area (Å²) >= 11 is 0. The number of rotatable bonds is 58. The number of carbonyl (C=O) groups is 4. The van der Waals surface area contributed by atoms with E-state index in [1.807, 2.05) is 0 Å². The van der Waals surface area contributed by atoms with Gasteiger partial charge in [0, 0.05) is 0 Å². The van der Waals surface area contributed by atoms with E-state index in [0.717, 1.165) is 113 Å². The van der Waals surface area contributed by atoms with Gasteiger partial charge in [0.15, 0.2) is 0 Å². The SMILES string of the molecule is CCCCCCCCC/C=C/CCCCOC(=O)c1ccc(S(=O)(=O)[O-])cc1C(=O)OCCCC/C=C/CCCCCCCCC.CCCCCCCCC/C=C/CCCCOC(=O)c1ccc(S(=O)(=O)[O-])cc1C(=O)OCCCC/C=C/CCCCCCCCC.[Ca+2]. The quantitative estimate of drug-likeness (QED) is 0.0150. The molecule has 0 atom stereocenters. The third-order valence-corrected chi connectivity index (χ3v) is 17.7. The number of ether oxygens (including phenoxy) is 4. The van der Waals surface area contributed by atoms with Gasteiger partial charge in [-0.3, -0.25) is 0 Å². The Kier molecular flexibility index (Phi) is 59.5. The zero-order valence-corrected chi connectivity index (χ0v) is 62.1. The molecule has 0 heterocycles. The molecule has 93 heavy (non-hydrogen) atoms. The predicted octanol–water partition coefficient (Wildman–Crippen LogP) is 20.9. The summed E-state index contributed by atoms with van der Waals surface area (Å²) in [5.74, 6) is -3.19. The first-order chi connectivity index (χ1) is 44.6. The maximum Gasteiger partial charge on any atom is 2.00 e. The zero-order chi connectivity index (χ0) is 67.4. The Morgan fingerprint density at radius 3 is 0.677 bits per heavy atom. The van der Waals surface area contributed by atoms with Crippen molar-refractivity contribution in [3.8, 4) is 0 Å². The summed E-state index contributed by atoms with van der Waals surface area (Å²) < 4.78 is 90.8. The number of unbranched alkanes of at least 4 members (excludes halogenated alkanes) is 36. The fourth-order valence-electron chi connectivity index (χ4n) is 10.3. The number of esters is 4. The van der Waals surface area contributed by atoms with Crippen molar-refractivity contribution in [2.45, 2.75) is 320 Å². The first-order valence-corrected chi connectivity index (χ1v) is 38.9. The molecule has 524 valence electrons. The Labute approximate surface area is 595 Å². The second-order valence-corrected chi connectivity index (χ2v) is 27.1. The third kappa shape index (κ3) is 50.4. The van der Waals surface area contributed by atoms with Crippen LogP contribution in [0.3, 0.4) is 0 Å². The van der Waals surface area contributed by atoms with Crippen LogP contribution in [0.1, 0.15) is 352 Å². The molecule has 0 aliphatic heterocycles. The summed E-state index contributed by atoms with van der Waals surface area (Å²) in [5, 5.41) is 0. The number of hydrogen-bond donors (Lipinski definition) is 0. The minimum absolute atomic E-state index is 0. The molecule has 0 radical (unpaired) electrons. The van der Waals surface area contributed by atoms with E-state index in [2.05, 4.69) is 76.3 Å². The van der Waals surface area contributed by atoms with Gasteiger partial charge in [-0.1, -0.05) is 230 Å². The summed E-state index contributed by atoms with van der Waals surface area (Å²) in [4.78, 5) is 50.0. The van der Waals surface area contributed by atoms with Crippen molar-refractivity contribution >= 4 is 81.9 Å². The minimum atomic E-state index is -4.82. The van der Waals surface area contributed by atoms with Crippen molar-refractivity contribution < 1.29 is 64.1 Å². The van der Waals surface area contributed by atoms with Crippen molar-refractivity contribution in [2.75, 3.05) is 26.4 Å². The molecule has 0 N–H and O–H groups in total. The van der Waals surface area contributed by atoms with Crippen molar-refractivity contribution in [2.24, 2.45) is 0 Å². The van der Waals surface area contributed by atoms with E-state index in [-0.39, 0.29) is 86.4 Å². The third-order valence-electron chi connectivity index (χ3n) is 16.0. The van der Waals surface area contributed by atoms with Crippen molar-refractivity contribution in [1.82, 2.24) is 0 Å². The van der Waals surface area contributed by atoms with Crippen LogP contribution in [0, 0.1) is 0 Å². The Hall–Kier alpha value is -3.64. The fraction of sp³-hybridized carbons (Fsp3) is 0.684. The van der Waals surface area contributed by atoms with Gasteiger partial charge < -0.3 is 28.1 Å². The van der Waals surface area contributed by atoms with Crippen LogP contribution in [0.25, 0.3) is 0 Å². The standard InChI is InChI=1S/2C38H62O7S.Ca/c2*1-3-5-7-9-11-13-15-17-19-21-23-25-27-31-44-37(39)35-30-29-34(46(41,42)43)33-36(35)38(40)45-32-28-26-24-22-20-18-16-14-12-10-8-6-4-2;/h2*19-22,29-30,33H,3-18,23-28,31-32H2,1-2H3,(H,41,42,43);/q;;+2/p-2/b2*21-19+,22-20+;. The van der Waals surface area contributed by atoms with Gasteiger partial charge in [-0.05, 0) is 165 Å². The Bertz CT molecular complexity index is 2400. The molecule has 0 spiro atoms. The van der Waals surface area contributed by atoms with Crippen LogP contribution >= 0.6 is 0 Å². The van der Waals surface area contributed by atoms with E-state index < -0.39 is 53.9 Å². The number of carbonyl (C=O) groups excluding carboxylic acids is 4. The molecule has 0 fully saturated rings. The minimum Gasteiger partial charge on any atom is -0.744 e. The maximum atomic E-state index is 12.8. The summed E-state index contributed by atoms with van der Waals surface area (Å²) in [6.07, 6.45) is 67.6. The van der Waals surface area contributed by atoms with E-state index in [1.54, 1.807) is 0 Å². The molecule has 0 aromatic heterocycles. The Morgan fingerprint density at radius 1 is 0.290 bits per heavy atom. The van der Waals surface area contributed by atoms with Crippen LogP contribution in [0.4, 0.5) is 0 Å². The van der Waals surface area contributed by atoms with E-state index in [1.165, 1.54) is 180 Å². The number of benzene rings is 2. The zero-order valence-electron chi connectivity index (χ0n) is 58.3. The molecular weight excluding hydrogens is 1240 g/mol. The van der Waals surface area contributed by atoms with Crippen LogP contribution in [0.5, 0.6) is 0 Å². The number of hydrogen-bond acceptors (Lipinski definition) is 14. The topological polar surface area (TPSA) is 220 Å². The normalized spacial score (nSPS) is 11.8. The summed E-state index contributed by atoms with van der Waals surface area (Å²) in [6, 6.07) is 6.14.